The molecule has 1 atom stereocenters. The molecule has 0 fully saturated rings. The third-order valence-corrected chi connectivity index (χ3v) is 6.44. The Morgan fingerprint density at radius 3 is 2.42 bits per heavy atom. The molecule has 0 saturated heterocycles. The molecule has 0 saturated carbocycles. The van der Waals surface area contributed by atoms with Gasteiger partial charge in [0.2, 0.25) is 0 Å². The van der Waals surface area contributed by atoms with E-state index in [9.17, 15) is 18.0 Å². The Bertz CT molecular complexity index is 1300. The molecule has 3 aromatic rings. The van der Waals surface area contributed by atoms with Crippen LogP contribution in [0, 0.1) is 0 Å². The van der Waals surface area contributed by atoms with Gasteiger partial charge in [-0.15, -0.1) is 0 Å². The molecule has 170 valence electrons. The Morgan fingerprint density at radius 1 is 1.12 bits per heavy atom. The molecule has 0 aliphatic carbocycles. The van der Waals surface area contributed by atoms with Crippen molar-refractivity contribution in [2.75, 3.05) is 12.9 Å². The zero-order valence-electron chi connectivity index (χ0n) is 17.5. The average Bonchev–Trinajstić information content (AvgIpc) is 3.47. The molecule has 1 aromatic heterocycles. The number of benzene rings is 2. The fourth-order valence-electron chi connectivity index (χ4n) is 3.37. The molecular formula is C23H19ClN2O6S. The van der Waals surface area contributed by atoms with Gasteiger partial charge in [0.1, 0.15) is 11.8 Å². The first kappa shape index (κ1) is 22.8. The van der Waals surface area contributed by atoms with E-state index in [1.54, 1.807) is 24.3 Å². The minimum atomic E-state index is -3.38. The van der Waals surface area contributed by atoms with Crippen molar-refractivity contribution in [2.45, 2.75) is 17.4 Å². The average molecular weight is 487 g/mol. The van der Waals surface area contributed by atoms with Gasteiger partial charge in [0, 0.05) is 17.7 Å². The molecule has 0 bridgehead atoms. The molecule has 1 unspecified atom stereocenters. The van der Waals surface area contributed by atoms with Crippen LogP contribution in [-0.4, -0.2) is 43.9 Å². The van der Waals surface area contributed by atoms with E-state index in [0.717, 1.165) is 11.8 Å². The summed E-state index contributed by atoms with van der Waals surface area (Å²) in [4.78, 5) is 25.3. The lowest BCUT2D eigenvalue weighted by Gasteiger charge is -2.19. The molecule has 1 aliphatic rings. The van der Waals surface area contributed by atoms with Crippen molar-refractivity contribution in [3.8, 4) is 0 Å². The first-order valence-electron chi connectivity index (χ1n) is 9.88. The van der Waals surface area contributed by atoms with Crippen LogP contribution in [0.25, 0.3) is 0 Å². The van der Waals surface area contributed by atoms with Crippen LogP contribution in [0.4, 0.5) is 0 Å². The van der Waals surface area contributed by atoms with Crippen LogP contribution in [0.5, 0.6) is 0 Å². The van der Waals surface area contributed by atoms with E-state index in [2.05, 4.69) is 5.10 Å². The standard InChI is InChI=1S/C23H19ClN2O6S/c1-33(29,30)18-10-6-16(7-11-18)23(28)32-14-22(27)26-20(21-3-2-12-31-21)13-19(25-26)15-4-8-17(24)9-5-15/h2-12,20H,13-14H2,1H3. The number of nitrogens with zero attached hydrogens (tertiary/aromatic N) is 2. The van der Waals surface area contributed by atoms with Crippen molar-refractivity contribution in [1.29, 1.82) is 0 Å². The number of carbonyl (C=O) groups excluding carboxylic acids is 2. The number of hydrazone groups is 1. The van der Waals surface area contributed by atoms with Crippen molar-refractivity contribution in [2.24, 2.45) is 5.10 Å². The summed E-state index contributed by atoms with van der Waals surface area (Å²) in [7, 11) is -3.38. The lowest BCUT2D eigenvalue weighted by atomic mass is 10.0. The second-order valence-electron chi connectivity index (χ2n) is 7.40. The van der Waals surface area contributed by atoms with Crippen LogP contribution in [0.15, 0.2) is 81.3 Å². The monoisotopic (exact) mass is 486 g/mol. The molecule has 4 rings (SSSR count). The predicted octanol–water partition coefficient (Wildman–Crippen LogP) is 3.87. The summed E-state index contributed by atoms with van der Waals surface area (Å²) in [6.07, 6.45) is 3.00. The minimum absolute atomic E-state index is 0.0811. The summed E-state index contributed by atoms with van der Waals surface area (Å²) in [6, 6.07) is 15.4. The van der Waals surface area contributed by atoms with Crippen LogP contribution < -0.4 is 0 Å². The van der Waals surface area contributed by atoms with Gasteiger partial charge in [-0.05, 0) is 54.1 Å². The van der Waals surface area contributed by atoms with E-state index in [1.807, 2.05) is 12.1 Å². The Morgan fingerprint density at radius 2 is 1.82 bits per heavy atom. The van der Waals surface area contributed by atoms with Gasteiger partial charge in [0.25, 0.3) is 5.91 Å². The summed E-state index contributed by atoms with van der Waals surface area (Å²) in [5.74, 6) is -0.723. The Labute approximate surface area is 195 Å². The van der Waals surface area contributed by atoms with Crippen molar-refractivity contribution < 1.29 is 27.2 Å². The highest BCUT2D eigenvalue weighted by atomic mass is 35.5. The molecule has 0 N–H and O–H groups in total. The van der Waals surface area contributed by atoms with Crippen LogP contribution in [-0.2, 0) is 19.4 Å². The predicted molar refractivity (Wildman–Crippen MR) is 121 cm³/mol. The van der Waals surface area contributed by atoms with Crippen LogP contribution in [0.3, 0.4) is 0 Å². The number of hydrogen-bond donors (Lipinski definition) is 0. The molecule has 8 nitrogen and oxygen atoms in total. The summed E-state index contributed by atoms with van der Waals surface area (Å²) in [6.45, 7) is -0.540. The lowest BCUT2D eigenvalue weighted by Crippen LogP contribution is -2.31. The maximum atomic E-state index is 12.9. The lowest BCUT2D eigenvalue weighted by molar-refractivity contribution is -0.136. The fraction of sp³-hybridized carbons (Fsp3) is 0.174. The van der Waals surface area contributed by atoms with E-state index in [0.29, 0.717) is 22.9 Å². The number of sulfone groups is 1. The zero-order chi connectivity index (χ0) is 23.6. The number of carbonyl (C=O) groups is 2. The summed E-state index contributed by atoms with van der Waals surface area (Å²) in [5.41, 5.74) is 1.61. The highest BCUT2D eigenvalue weighted by molar-refractivity contribution is 7.90. The van der Waals surface area contributed by atoms with Gasteiger partial charge in [-0.3, -0.25) is 4.79 Å². The second-order valence-corrected chi connectivity index (χ2v) is 9.85. The van der Waals surface area contributed by atoms with Gasteiger partial charge in [0.15, 0.2) is 16.4 Å². The van der Waals surface area contributed by atoms with Gasteiger partial charge in [-0.25, -0.2) is 18.2 Å². The summed E-state index contributed by atoms with van der Waals surface area (Å²) < 4.78 is 33.8. The molecular weight excluding hydrogens is 468 g/mol. The summed E-state index contributed by atoms with van der Waals surface area (Å²) in [5, 5.41) is 6.29. The van der Waals surface area contributed by atoms with E-state index in [4.69, 9.17) is 20.8 Å². The smallest absolute Gasteiger partial charge is 0.338 e. The highest BCUT2D eigenvalue weighted by Crippen LogP contribution is 2.33. The molecule has 33 heavy (non-hydrogen) atoms. The first-order chi connectivity index (χ1) is 15.7. The SMILES string of the molecule is CS(=O)(=O)c1ccc(C(=O)OCC(=O)N2N=C(c3ccc(Cl)cc3)CC2c2ccco2)cc1. The van der Waals surface area contributed by atoms with Crippen molar-refractivity contribution in [1.82, 2.24) is 5.01 Å². The van der Waals surface area contributed by atoms with Gasteiger partial charge in [-0.1, -0.05) is 23.7 Å². The number of furan rings is 1. The van der Waals surface area contributed by atoms with Crippen molar-refractivity contribution in [3.63, 3.8) is 0 Å². The quantitative estimate of drug-likeness (QED) is 0.489. The molecule has 2 aromatic carbocycles. The Balaban J connectivity index is 1.48. The number of rotatable bonds is 6. The maximum absolute atomic E-state index is 12.9. The van der Waals surface area contributed by atoms with Gasteiger partial charge >= 0.3 is 5.97 Å². The van der Waals surface area contributed by atoms with E-state index >= 15 is 0 Å². The van der Waals surface area contributed by atoms with Gasteiger partial charge in [-0.2, -0.15) is 5.10 Å². The zero-order valence-corrected chi connectivity index (χ0v) is 19.0. The minimum Gasteiger partial charge on any atom is -0.467 e. The molecule has 10 heteroatoms. The van der Waals surface area contributed by atoms with Crippen LogP contribution in [0.2, 0.25) is 5.02 Å². The third-order valence-electron chi connectivity index (χ3n) is 5.06. The molecule has 1 amide bonds. The summed E-state index contributed by atoms with van der Waals surface area (Å²) >= 11 is 5.96. The molecule has 0 spiro atoms. The number of esters is 1. The molecule has 2 heterocycles. The number of hydrogen-bond acceptors (Lipinski definition) is 7. The van der Waals surface area contributed by atoms with E-state index < -0.39 is 34.4 Å². The molecule has 1 aliphatic heterocycles. The fourth-order valence-corrected chi connectivity index (χ4v) is 4.13. The molecule has 0 radical (unpaired) electrons. The van der Waals surface area contributed by atoms with Gasteiger partial charge < -0.3 is 9.15 Å². The number of ether oxygens (including phenoxy) is 1. The third kappa shape index (κ3) is 5.15. The second kappa shape index (κ2) is 9.21. The van der Waals surface area contributed by atoms with Crippen molar-refractivity contribution >= 4 is 39.0 Å². The van der Waals surface area contributed by atoms with Crippen molar-refractivity contribution in [3.05, 3.63) is 88.8 Å². The normalized spacial score (nSPS) is 15.9. The Hall–Kier alpha value is -3.43. The highest BCUT2D eigenvalue weighted by Gasteiger charge is 2.35. The number of amides is 1. The van der Waals surface area contributed by atoms with E-state index in [-0.39, 0.29) is 10.5 Å². The van der Waals surface area contributed by atoms with Crippen LogP contribution in [0.1, 0.15) is 34.1 Å². The maximum Gasteiger partial charge on any atom is 0.338 e. The largest absolute Gasteiger partial charge is 0.467 e. The number of halogens is 1. The topological polar surface area (TPSA) is 106 Å². The van der Waals surface area contributed by atoms with E-state index in [1.165, 1.54) is 35.5 Å². The first-order valence-corrected chi connectivity index (χ1v) is 12.2. The van der Waals surface area contributed by atoms with Gasteiger partial charge in [0.05, 0.1) is 22.4 Å². The Kier molecular flexibility index (Phi) is 6.35. The van der Waals surface area contributed by atoms with Crippen LogP contribution >= 0.6 is 11.6 Å².